The first-order chi connectivity index (χ1) is 10.2. The molecule has 0 aliphatic carbocycles. The smallest absolute Gasteiger partial charge is 0.407 e. The van der Waals surface area contributed by atoms with E-state index in [1.165, 1.54) is 13.0 Å². The van der Waals surface area contributed by atoms with E-state index in [4.69, 9.17) is 4.74 Å². The van der Waals surface area contributed by atoms with Crippen LogP contribution in [0.5, 0.6) is 5.75 Å². The van der Waals surface area contributed by atoms with Gasteiger partial charge in [0.15, 0.2) is 5.78 Å². The summed E-state index contributed by atoms with van der Waals surface area (Å²) in [5, 5.41) is 12.1. The molecule has 1 amide bonds. The number of carbonyl (C=O) groups is 2. The van der Waals surface area contributed by atoms with Crippen LogP contribution in [0.1, 0.15) is 50.0 Å². The van der Waals surface area contributed by atoms with Crippen LogP contribution in [0.2, 0.25) is 0 Å². The lowest BCUT2D eigenvalue weighted by Crippen LogP contribution is -2.32. The Morgan fingerprint density at radius 2 is 2.00 bits per heavy atom. The minimum absolute atomic E-state index is 0.0513. The van der Waals surface area contributed by atoms with Crippen LogP contribution in [-0.4, -0.2) is 29.1 Å². The number of aromatic hydroxyl groups is 1. The average molecular weight is 303 g/mol. The second kappa shape index (κ2) is 7.51. The van der Waals surface area contributed by atoms with Crippen LogP contribution in [0, 0.1) is 11.8 Å². The van der Waals surface area contributed by atoms with Gasteiger partial charge in [-0.15, -0.1) is 0 Å². The number of amides is 1. The fourth-order valence-electron chi connectivity index (χ4n) is 1.60. The summed E-state index contributed by atoms with van der Waals surface area (Å²) < 4.78 is 5.09. The summed E-state index contributed by atoms with van der Waals surface area (Å²) in [4.78, 5) is 22.7. The van der Waals surface area contributed by atoms with E-state index in [1.54, 1.807) is 32.9 Å². The van der Waals surface area contributed by atoms with Crippen molar-refractivity contribution in [2.24, 2.45) is 0 Å². The van der Waals surface area contributed by atoms with E-state index in [9.17, 15) is 14.7 Å². The van der Waals surface area contributed by atoms with Gasteiger partial charge in [0.05, 0.1) is 5.56 Å². The Labute approximate surface area is 130 Å². The third kappa shape index (κ3) is 6.31. The Morgan fingerprint density at radius 1 is 1.32 bits per heavy atom. The molecule has 0 aromatic heterocycles. The van der Waals surface area contributed by atoms with Crippen LogP contribution in [0.3, 0.4) is 0 Å². The van der Waals surface area contributed by atoms with Gasteiger partial charge < -0.3 is 15.2 Å². The number of hydrogen-bond acceptors (Lipinski definition) is 4. The van der Waals surface area contributed by atoms with Gasteiger partial charge in [0.25, 0.3) is 0 Å². The lowest BCUT2D eigenvalue weighted by molar-refractivity contribution is 0.0529. The predicted octanol–water partition coefficient (Wildman–Crippen LogP) is 2.86. The molecule has 0 spiro atoms. The number of alkyl carbamates (subject to hydrolysis) is 1. The van der Waals surface area contributed by atoms with E-state index in [0.717, 1.165) is 0 Å². The van der Waals surface area contributed by atoms with Gasteiger partial charge in [-0.2, -0.15) is 0 Å². The number of carbonyl (C=O) groups excluding carboxylic acids is 2. The van der Waals surface area contributed by atoms with Crippen molar-refractivity contribution < 1.29 is 19.4 Å². The molecule has 1 aromatic carbocycles. The van der Waals surface area contributed by atoms with Crippen LogP contribution in [0.25, 0.3) is 0 Å². The monoisotopic (exact) mass is 303 g/mol. The first kappa shape index (κ1) is 17.6. The van der Waals surface area contributed by atoms with Gasteiger partial charge in [-0.3, -0.25) is 4.79 Å². The molecule has 22 heavy (non-hydrogen) atoms. The molecule has 0 aliphatic heterocycles. The van der Waals surface area contributed by atoms with Crippen molar-refractivity contribution in [3.8, 4) is 17.6 Å². The number of hydrogen-bond donors (Lipinski definition) is 2. The molecule has 1 aromatic rings. The van der Waals surface area contributed by atoms with Crippen molar-refractivity contribution >= 4 is 11.9 Å². The van der Waals surface area contributed by atoms with E-state index in [1.807, 2.05) is 0 Å². The van der Waals surface area contributed by atoms with Gasteiger partial charge in [0.2, 0.25) is 0 Å². The molecule has 0 unspecified atom stereocenters. The molecule has 0 aliphatic rings. The van der Waals surface area contributed by atoms with Crippen LogP contribution < -0.4 is 5.32 Å². The minimum Gasteiger partial charge on any atom is -0.507 e. The van der Waals surface area contributed by atoms with Crippen LogP contribution in [0.15, 0.2) is 18.2 Å². The third-order valence-corrected chi connectivity index (χ3v) is 2.53. The second-order valence-electron chi connectivity index (χ2n) is 5.77. The summed E-state index contributed by atoms with van der Waals surface area (Å²) in [6, 6.07) is 4.63. The molecule has 0 saturated carbocycles. The molecule has 2 N–H and O–H groups in total. The number of phenolic OH excluding ortho intramolecular Hbond substituents is 1. The molecule has 5 heteroatoms. The highest BCUT2D eigenvalue weighted by Crippen LogP contribution is 2.18. The largest absolute Gasteiger partial charge is 0.507 e. The van der Waals surface area contributed by atoms with Gasteiger partial charge in [0.1, 0.15) is 11.4 Å². The lowest BCUT2D eigenvalue weighted by Gasteiger charge is -2.19. The van der Waals surface area contributed by atoms with Gasteiger partial charge in [-0.25, -0.2) is 4.79 Å². The maximum atomic E-state index is 11.4. The van der Waals surface area contributed by atoms with Crippen LogP contribution >= 0.6 is 0 Å². The second-order valence-corrected chi connectivity index (χ2v) is 5.77. The Bertz CT molecular complexity index is 618. The lowest BCUT2D eigenvalue weighted by atomic mass is 10.1. The summed E-state index contributed by atoms with van der Waals surface area (Å²) in [6.07, 6.45) is -0.0204. The van der Waals surface area contributed by atoms with E-state index in [2.05, 4.69) is 17.2 Å². The summed E-state index contributed by atoms with van der Waals surface area (Å²) in [5.74, 6) is 5.51. The molecule has 118 valence electrons. The van der Waals surface area contributed by atoms with E-state index >= 15 is 0 Å². The van der Waals surface area contributed by atoms with Crippen molar-refractivity contribution in [2.45, 2.75) is 39.7 Å². The number of rotatable bonds is 3. The van der Waals surface area contributed by atoms with Crippen LogP contribution in [0.4, 0.5) is 4.79 Å². The van der Waals surface area contributed by atoms with E-state index in [-0.39, 0.29) is 17.1 Å². The number of benzene rings is 1. The Balaban J connectivity index is 2.50. The minimum atomic E-state index is -0.523. The first-order valence-electron chi connectivity index (χ1n) is 6.99. The fraction of sp³-hybridized carbons (Fsp3) is 0.412. The fourth-order valence-corrected chi connectivity index (χ4v) is 1.60. The zero-order valence-electron chi connectivity index (χ0n) is 13.3. The first-order valence-corrected chi connectivity index (χ1v) is 6.99. The SMILES string of the molecule is CC(=O)c1cc(C#CCCNC(=O)OC(C)(C)C)ccc1O. The molecular weight excluding hydrogens is 282 g/mol. The molecule has 5 nitrogen and oxygen atoms in total. The number of phenols is 1. The molecular formula is C17H21NO4. The van der Waals surface area contributed by atoms with Gasteiger partial charge in [-0.1, -0.05) is 11.8 Å². The zero-order valence-corrected chi connectivity index (χ0v) is 13.3. The maximum Gasteiger partial charge on any atom is 0.407 e. The number of nitrogens with one attached hydrogen (secondary N) is 1. The van der Waals surface area contributed by atoms with E-state index < -0.39 is 11.7 Å². The van der Waals surface area contributed by atoms with Crippen molar-refractivity contribution in [3.05, 3.63) is 29.3 Å². The summed E-state index contributed by atoms with van der Waals surface area (Å²) in [6.45, 7) is 7.15. The third-order valence-electron chi connectivity index (χ3n) is 2.53. The number of ketones is 1. The molecule has 0 saturated heterocycles. The van der Waals surface area contributed by atoms with Gasteiger partial charge in [0, 0.05) is 18.5 Å². The predicted molar refractivity (Wildman–Crippen MR) is 83.8 cm³/mol. The summed E-state index contributed by atoms with van der Waals surface area (Å²) in [5.41, 5.74) is 0.365. The highest BCUT2D eigenvalue weighted by molar-refractivity contribution is 5.97. The summed E-state index contributed by atoms with van der Waals surface area (Å²) >= 11 is 0. The van der Waals surface area contributed by atoms with Crippen molar-refractivity contribution in [3.63, 3.8) is 0 Å². The molecule has 0 bridgehead atoms. The molecule has 0 fully saturated rings. The molecule has 0 atom stereocenters. The van der Waals surface area contributed by atoms with Gasteiger partial charge >= 0.3 is 6.09 Å². The van der Waals surface area contributed by atoms with Gasteiger partial charge in [-0.05, 0) is 45.9 Å². The Kier molecular flexibility index (Phi) is 6.00. The number of ether oxygens (including phenoxy) is 1. The van der Waals surface area contributed by atoms with Crippen molar-refractivity contribution in [1.29, 1.82) is 0 Å². The van der Waals surface area contributed by atoms with Crippen LogP contribution in [-0.2, 0) is 4.74 Å². The standard InChI is InChI=1S/C17H21NO4/c1-12(19)14-11-13(8-9-15(14)20)7-5-6-10-18-16(21)22-17(2,3)4/h8-9,11,20H,6,10H2,1-4H3,(H,18,21). The Hall–Kier alpha value is -2.48. The maximum absolute atomic E-state index is 11.4. The van der Waals surface area contributed by atoms with E-state index in [0.29, 0.717) is 18.5 Å². The molecule has 1 rings (SSSR count). The highest BCUT2D eigenvalue weighted by Gasteiger charge is 2.15. The molecule has 0 radical (unpaired) electrons. The highest BCUT2D eigenvalue weighted by atomic mass is 16.6. The quantitative estimate of drug-likeness (QED) is 0.511. The van der Waals surface area contributed by atoms with Crippen molar-refractivity contribution in [1.82, 2.24) is 5.32 Å². The number of Topliss-reactive ketones (excluding diaryl/α,β-unsaturated/α-hetero) is 1. The summed E-state index contributed by atoms with van der Waals surface area (Å²) in [7, 11) is 0. The zero-order chi connectivity index (χ0) is 16.8. The Morgan fingerprint density at radius 3 is 2.59 bits per heavy atom. The topological polar surface area (TPSA) is 75.6 Å². The normalized spacial score (nSPS) is 10.4. The van der Waals surface area contributed by atoms with Crippen molar-refractivity contribution in [2.75, 3.05) is 6.54 Å². The average Bonchev–Trinajstić information content (AvgIpc) is 2.37. The molecule has 0 heterocycles.